The Morgan fingerprint density at radius 2 is 1.84 bits per heavy atom. The minimum absolute atomic E-state index is 0.138. The number of rotatable bonds is 11. The van der Waals surface area contributed by atoms with E-state index in [0.717, 1.165) is 18.4 Å². The molecule has 1 aliphatic heterocycles. The SMILES string of the molecule is C[C@@H]1CN(CCC(F)(F)F)CCN1c1cc(Cl)ccc1NC(=O)c1ccc(CNC(=O)[C@@H](N)CCS(C)(=O)=O)c(F)c1F. The molecule has 238 valence electrons. The predicted octanol–water partition coefficient (Wildman–Crippen LogP) is 3.71. The van der Waals surface area contributed by atoms with Gasteiger partial charge in [0.05, 0.1) is 35.2 Å². The first-order chi connectivity index (χ1) is 19.9. The quantitative estimate of drug-likeness (QED) is 0.316. The average molecular weight is 654 g/mol. The zero-order chi connectivity index (χ0) is 32.1. The van der Waals surface area contributed by atoms with Crippen LogP contribution in [0.25, 0.3) is 0 Å². The summed E-state index contributed by atoms with van der Waals surface area (Å²) < 4.78 is 90.3. The summed E-state index contributed by atoms with van der Waals surface area (Å²) in [6.45, 7) is 2.23. The monoisotopic (exact) mass is 653 g/mol. The Hall–Kier alpha value is -3.01. The summed E-state index contributed by atoms with van der Waals surface area (Å²) in [4.78, 5) is 28.7. The fourth-order valence-corrected chi connectivity index (χ4v) is 5.45. The van der Waals surface area contributed by atoms with Crippen molar-refractivity contribution in [2.45, 2.75) is 44.6 Å². The Morgan fingerprint density at radius 1 is 1.14 bits per heavy atom. The number of amides is 2. The molecular weight excluding hydrogens is 621 g/mol. The summed E-state index contributed by atoms with van der Waals surface area (Å²) in [6, 6.07) is 5.31. The topological polar surface area (TPSA) is 125 Å². The molecule has 0 aromatic heterocycles. The Balaban J connectivity index is 1.69. The van der Waals surface area contributed by atoms with Crippen molar-refractivity contribution < 1.29 is 40.0 Å². The van der Waals surface area contributed by atoms with Crippen LogP contribution in [-0.2, 0) is 21.2 Å². The highest BCUT2D eigenvalue weighted by molar-refractivity contribution is 7.90. The largest absolute Gasteiger partial charge is 0.390 e. The summed E-state index contributed by atoms with van der Waals surface area (Å²) >= 11 is 6.19. The second-order valence-corrected chi connectivity index (χ2v) is 13.2. The number of hydrogen-bond acceptors (Lipinski definition) is 7. The number of anilines is 2. The molecule has 0 aliphatic carbocycles. The smallest absolute Gasteiger partial charge is 0.365 e. The van der Waals surface area contributed by atoms with Crippen molar-refractivity contribution in [3.8, 4) is 0 Å². The van der Waals surface area contributed by atoms with Gasteiger partial charge in [0.2, 0.25) is 5.91 Å². The Kier molecular flexibility index (Phi) is 11.4. The van der Waals surface area contributed by atoms with Crippen molar-refractivity contribution in [2.24, 2.45) is 5.73 Å². The molecular formula is C27H33ClF5N5O4S. The van der Waals surface area contributed by atoms with Crippen LogP contribution in [0.2, 0.25) is 5.02 Å². The molecule has 2 atom stereocenters. The van der Waals surface area contributed by atoms with Crippen LogP contribution in [0.3, 0.4) is 0 Å². The van der Waals surface area contributed by atoms with Gasteiger partial charge in [-0.25, -0.2) is 17.2 Å². The third-order valence-corrected chi connectivity index (χ3v) is 8.15. The molecule has 2 aromatic carbocycles. The zero-order valence-corrected chi connectivity index (χ0v) is 25.1. The van der Waals surface area contributed by atoms with Crippen LogP contribution in [0.5, 0.6) is 0 Å². The molecule has 0 saturated carbocycles. The first kappa shape index (κ1) is 34.5. The van der Waals surface area contributed by atoms with E-state index in [2.05, 4.69) is 10.6 Å². The van der Waals surface area contributed by atoms with Gasteiger partial charge in [-0.3, -0.25) is 14.5 Å². The van der Waals surface area contributed by atoms with Crippen LogP contribution in [0, 0.1) is 11.6 Å². The van der Waals surface area contributed by atoms with E-state index in [4.69, 9.17) is 17.3 Å². The summed E-state index contributed by atoms with van der Waals surface area (Å²) in [5, 5.41) is 5.22. The molecule has 0 spiro atoms. The van der Waals surface area contributed by atoms with E-state index >= 15 is 0 Å². The van der Waals surface area contributed by atoms with Crippen molar-refractivity contribution in [1.29, 1.82) is 0 Å². The lowest BCUT2D eigenvalue weighted by Crippen LogP contribution is -2.52. The van der Waals surface area contributed by atoms with Crippen molar-refractivity contribution in [3.05, 3.63) is 58.1 Å². The number of carbonyl (C=O) groups is 2. The van der Waals surface area contributed by atoms with Crippen LogP contribution in [0.4, 0.5) is 33.3 Å². The van der Waals surface area contributed by atoms with E-state index in [1.165, 1.54) is 12.1 Å². The molecule has 0 radical (unpaired) electrons. The lowest BCUT2D eigenvalue weighted by atomic mass is 10.1. The maximum atomic E-state index is 15.0. The third-order valence-electron chi connectivity index (χ3n) is 6.94. The molecule has 1 fully saturated rings. The fourth-order valence-electron chi connectivity index (χ4n) is 4.60. The van der Waals surface area contributed by atoms with Crippen LogP contribution in [-0.4, -0.2) is 81.6 Å². The molecule has 9 nitrogen and oxygen atoms in total. The molecule has 0 bridgehead atoms. The number of carbonyl (C=O) groups excluding carboxylic acids is 2. The molecule has 2 amide bonds. The maximum Gasteiger partial charge on any atom is 0.390 e. The number of nitrogens with zero attached hydrogens (tertiary/aromatic N) is 2. The Labute approximate surface area is 251 Å². The summed E-state index contributed by atoms with van der Waals surface area (Å²) in [5.74, 6) is -4.85. The number of alkyl halides is 3. The van der Waals surface area contributed by atoms with Crippen LogP contribution >= 0.6 is 11.6 Å². The number of nitrogens with two attached hydrogens (primary N) is 1. The summed E-state index contributed by atoms with van der Waals surface area (Å²) in [7, 11) is -3.34. The van der Waals surface area contributed by atoms with Gasteiger partial charge >= 0.3 is 6.18 Å². The molecule has 1 heterocycles. The number of nitrogens with one attached hydrogen (secondary N) is 2. The highest BCUT2D eigenvalue weighted by Crippen LogP contribution is 2.33. The Morgan fingerprint density at radius 3 is 2.47 bits per heavy atom. The van der Waals surface area contributed by atoms with Gasteiger partial charge in [-0.05, 0) is 37.6 Å². The molecule has 1 saturated heterocycles. The van der Waals surface area contributed by atoms with Gasteiger partial charge in [0, 0.05) is 55.6 Å². The highest BCUT2D eigenvalue weighted by atomic mass is 35.5. The van der Waals surface area contributed by atoms with E-state index in [1.54, 1.807) is 11.0 Å². The first-order valence-corrected chi connectivity index (χ1v) is 15.7. The number of sulfone groups is 1. The number of halogens is 6. The van der Waals surface area contributed by atoms with E-state index < -0.39 is 64.0 Å². The molecule has 43 heavy (non-hydrogen) atoms. The number of hydrogen-bond donors (Lipinski definition) is 3. The third kappa shape index (κ3) is 10.0. The minimum Gasteiger partial charge on any atom is -0.365 e. The minimum atomic E-state index is -4.26. The van der Waals surface area contributed by atoms with Gasteiger partial charge in [-0.15, -0.1) is 0 Å². The molecule has 16 heteroatoms. The molecule has 1 aliphatic rings. The first-order valence-electron chi connectivity index (χ1n) is 13.3. The average Bonchev–Trinajstić information content (AvgIpc) is 2.91. The molecule has 3 rings (SSSR count). The Bertz CT molecular complexity index is 1440. The normalized spacial score (nSPS) is 17.0. The van der Waals surface area contributed by atoms with Crippen molar-refractivity contribution in [3.63, 3.8) is 0 Å². The summed E-state index contributed by atoms with van der Waals surface area (Å²) in [5.41, 5.74) is 5.50. The van der Waals surface area contributed by atoms with E-state index in [9.17, 15) is 40.0 Å². The maximum absolute atomic E-state index is 15.0. The lowest BCUT2D eigenvalue weighted by Gasteiger charge is -2.42. The number of benzene rings is 2. The molecule has 2 aromatic rings. The van der Waals surface area contributed by atoms with E-state index in [-0.39, 0.29) is 36.0 Å². The molecule has 0 unspecified atom stereocenters. The zero-order valence-electron chi connectivity index (χ0n) is 23.5. The van der Waals surface area contributed by atoms with Crippen molar-refractivity contribution in [2.75, 3.05) is 48.4 Å². The van der Waals surface area contributed by atoms with Crippen LogP contribution in [0.1, 0.15) is 35.7 Å². The van der Waals surface area contributed by atoms with Gasteiger partial charge in [0.25, 0.3) is 5.91 Å². The van der Waals surface area contributed by atoms with Crippen molar-refractivity contribution in [1.82, 2.24) is 10.2 Å². The van der Waals surface area contributed by atoms with E-state index in [0.29, 0.717) is 30.3 Å². The van der Waals surface area contributed by atoms with Gasteiger partial charge in [0.1, 0.15) is 9.84 Å². The number of piperazine rings is 1. The van der Waals surface area contributed by atoms with Crippen molar-refractivity contribution >= 4 is 44.6 Å². The second-order valence-electron chi connectivity index (χ2n) is 10.5. The summed E-state index contributed by atoms with van der Waals surface area (Å²) in [6.07, 6.45) is -4.35. The highest BCUT2D eigenvalue weighted by Gasteiger charge is 2.31. The molecule has 4 N–H and O–H groups in total. The second kappa shape index (κ2) is 14.2. The van der Waals surface area contributed by atoms with Gasteiger partial charge in [-0.1, -0.05) is 17.7 Å². The van der Waals surface area contributed by atoms with Gasteiger partial charge < -0.3 is 21.3 Å². The fraction of sp³-hybridized carbons (Fsp3) is 0.481. The standard InChI is InChI=1S/C27H33ClF5N5O4S/c1-16-15-37(9-8-27(31,32)33)10-11-38(16)22-13-18(28)4-6-21(22)36-25(39)19-5-3-17(23(29)24(19)30)14-35-26(40)20(34)7-12-43(2,41)42/h3-6,13,16,20H,7-12,14-15,34H2,1-2H3,(H,35,40)(H,36,39)/t16-,20+/m1/s1. The van der Waals surface area contributed by atoms with E-state index in [1.807, 2.05) is 11.8 Å². The van der Waals surface area contributed by atoms with Crippen LogP contribution in [0.15, 0.2) is 30.3 Å². The van der Waals surface area contributed by atoms with Gasteiger partial charge in [-0.2, -0.15) is 13.2 Å². The lowest BCUT2D eigenvalue weighted by molar-refractivity contribution is -0.138. The van der Waals surface area contributed by atoms with Crippen LogP contribution < -0.4 is 21.3 Å². The van der Waals surface area contributed by atoms with Gasteiger partial charge in [0.15, 0.2) is 11.6 Å². The predicted molar refractivity (Wildman–Crippen MR) is 154 cm³/mol.